The van der Waals surface area contributed by atoms with Gasteiger partial charge in [0.1, 0.15) is 36.0 Å². The molecule has 2 N–H and O–H groups in total. The third-order valence-corrected chi connectivity index (χ3v) is 4.69. The summed E-state index contributed by atoms with van der Waals surface area (Å²) in [7, 11) is 0. The fraction of sp³-hybridized carbons (Fsp3) is 0.400. The monoisotopic (exact) mass is 396 g/mol. The van der Waals surface area contributed by atoms with Crippen LogP contribution >= 0.6 is 0 Å². The third kappa shape index (κ3) is 3.55. The Morgan fingerprint density at radius 1 is 1.31 bits per heavy atom. The third-order valence-electron chi connectivity index (χ3n) is 4.69. The molecule has 1 unspecified atom stereocenters. The van der Waals surface area contributed by atoms with E-state index in [1.54, 1.807) is 25.4 Å². The summed E-state index contributed by atoms with van der Waals surface area (Å²) in [5, 5.41) is 4.36. The maximum atomic E-state index is 11.3. The van der Waals surface area contributed by atoms with Gasteiger partial charge in [-0.25, -0.2) is 14.6 Å². The molecule has 1 amide bonds. The number of amides is 1. The molecule has 3 aromatic rings. The number of ether oxygens (including phenoxy) is 2. The molecule has 1 aliphatic rings. The van der Waals surface area contributed by atoms with Crippen LogP contribution in [-0.4, -0.2) is 42.9 Å². The highest BCUT2D eigenvalue weighted by Gasteiger charge is 2.25. The van der Waals surface area contributed by atoms with Crippen LogP contribution in [-0.2, 0) is 16.9 Å². The second-order valence-electron chi connectivity index (χ2n) is 7.98. The van der Waals surface area contributed by atoms with Crippen molar-refractivity contribution >= 4 is 5.91 Å². The Morgan fingerprint density at radius 2 is 2.10 bits per heavy atom. The number of fused-ring (bicyclic) bond motifs is 3. The highest BCUT2D eigenvalue weighted by Crippen LogP contribution is 2.36. The van der Waals surface area contributed by atoms with Crippen molar-refractivity contribution in [2.75, 3.05) is 6.61 Å². The lowest BCUT2D eigenvalue weighted by atomic mass is 10.1. The summed E-state index contributed by atoms with van der Waals surface area (Å²) >= 11 is 0. The molecule has 9 nitrogen and oxygen atoms in total. The highest BCUT2D eigenvalue weighted by atomic mass is 16.5. The van der Waals surface area contributed by atoms with Gasteiger partial charge in [-0.15, -0.1) is 0 Å². The van der Waals surface area contributed by atoms with Gasteiger partial charge in [-0.2, -0.15) is 5.10 Å². The molecule has 0 bridgehead atoms. The number of nitrogens with zero attached hydrogens (tertiary/aromatic N) is 5. The van der Waals surface area contributed by atoms with Gasteiger partial charge in [-0.3, -0.25) is 4.79 Å². The van der Waals surface area contributed by atoms with Crippen LogP contribution < -0.4 is 15.2 Å². The van der Waals surface area contributed by atoms with E-state index in [2.05, 4.69) is 35.4 Å². The van der Waals surface area contributed by atoms with Crippen molar-refractivity contribution in [2.45, 2.75) is 45.9 Å². The standard InChI is InChI=1S/C20H24N6O3/c1-12(17(21)27)29-13-5-6-14-16(9-13)28-8-7-25-10-15(24-18(14)25)19-22-11-23-26(19)20(2,3)4/h5-6,9-12H,7-8H2,1-4H3,(H2,21,27). The number of hydrogen-bond donors (Lipinski definition) is 1. The van der Waals surface area contributed by atoms with Gasteiger partial charge in [0.2, 0.25) is 0 Å². The predicted molar refractivity (Wildman–Crippen MR) is 106 cm³/mol. The Bertz CT molecular complexity index is 1060. The molecule has 0 saturated carbocycles. The Morgan fingerprint density at radius 3 is 2.83 bits per heavy atom. The normalized spacial score (nSPS) is 14.3. The van der Waals surface area contributed by atoms with Crippen molar-refractivity contribution in [3.63, 3.8) is 0 Å². The molecule has 0 saturated heterocycles. The molecular formula is C20H24N6O3. The molecular weight excluding hydrogens is 372 g/mol. The van der Waals surface area contributed by atoms with E-state index >= 15 is 0 Å². The number of carbonyl (C=O) groups is 1. The fourth-order valence-electron chi connectivity index (χ4n) is 3.21. The van der Waals surface area contributed by atoms with Gasteiger partial charge in [-0.1, -0.05) is 0 Å². The number of primary amides is 1. The molecule has 0 fully saturated rings. The van der Waals surface area contributed by atoms with Crippen molar-refractivity contribution < 1.29 is 14.3 Å². The van der Waals surface area contributed by atoms with E-state index in [0.29, 0.717) is 24.7 Å². The predicted octanol–water partition coefficient (Wildman–Crippen LogP) is 2.21. The van der Waals surface area contributed by atoms with Crippen LogP contribution in [0.5, 0.6) is 11.5 Å². The second-order valence-corrected chi connectivity index (χ2v) is 7.98. The average Bonchev–Trinajstić information content (AvgIpc) is 3.26. The SMILES string of the molecule is CC(Oc1ccc2c(c1)OCCn1cc(-c3ncnn3C(C)(C)C)nc1-2)C(N)=O. The van der Waals surface area contributed by atoms with E-state index in [9.17, 15) is 4.79 Å². The fourth-order valence-corrected chi connectivity index (χ4v) is 3.21. The maximum Gasteiger partial charge on any atom is 0.258 e. The second kappa shape index (κ2) is 6.91. The molecule has 0 spiro atoms. The first-order valence-corrected chi connectivity index (χ1v) is 9.45. The van der Waals surface area contributed by atoms with Crippen molar-refractivity contribution in [2.24, 2.45) is 5.73 Å². The molecule has 3 heterocycles. The van der Waals surface area contributed by atoms with Crippen LogP contribution in [0.3, 0.4) is 0 Å². The van der Waals surface area contributed by atoms with Gasteiger partial charge in [0.15, 0.2) is 11.9 Å². The Balaban J connectivity index is 1.73. The van der Waals surface area contributed by atoms with E-state index < -0.39 is 12.0 Å². The van der Waals surface area contributed by atoms with E-state index in [1.165, 1.54) is 0 Å². The molecule has 9 heteroatoms. The van der Waals surface area contributed by atoms with Gasteiger partial charge >= 0.3 is 0 Å². The summed E-state index contributed by atoms with van der Waals surface area (Å²) in [5.41, 5.74) is 6.66. The molecule has 2 aromatic heterocycles. The Hall–Kier alpha value is -3.36. The summed E-state index contributed by atoms with van der Waals surface area (Å²) in [6.07, 6.45) is 2.79. The van der Waals surface area contributed by atoms with Crippen molar-refractivity contribution in [3.8, 4) is 34.4 Å². The summed E-state index contributed by atoms with van der Waals surface area (Å²) in [6, 6.07) is 5.42. The average molecular weight is 396 g/mol. The van der Waals surface area contributed by atoms with Gasteiger partial charge < -0.3 is 19.8 Å². The summed E-state index contributed by atoms with van der Waals surface area (Å²) in [4.78, 5) is 20.5. The van der Waals surface area contributed by atoms with E-state index in [-0.39, 0.29) is 5.54 Å². The van der Waals surface area contributed by atoms with E-state index in [4.69, 9.17) is 20.2 Å². The lowest BCUT2D eigenvalue weighted by Crippen LogP contribution is -2.30. The molecule has 1 atom stereocenters. The lowest BCUT2D eigenvalue weighted by Gasteiger charge is -2.20. The number of aromatic nitrogens is 5. The minimum absolute atomic E-state index is 0.211. The van der Waals surface area contributed by atoms with Crippen LogP contribution in [0.1, 0.15) is 27.7 Å². The van der Waals surface area contributed by atoms with E-state index in [0.717, 1.165) is 22.9 Å². The lowest BCUT2D eigenvalue weighted by molar-refractivity contribution is -0.123. The van der Waals surface area contributed by atoms with Crippen LogP contribution in [0.2, 0.25) is 0 Å². The zero-order chi connectivity index (χ0) is 20.8. The molecule has 0 radical (unpaired) electrons. The molecule has 152 valence electrons. The minimum atomic E-state index is -0.726. The van der Waals surface area contributed by atoms with Gasteiger partial charge in [0.25, 0.3) is 5.91 Å². The first-order chi connectivity index (χ1) is 13.7. The molecule has 1 aliphatic heterocycles. The van der Waals surface area contributed by atoms with Crippen molar-refractivity contribution in [1.82, 2.24) is 24.3 Å². The van der Waals surface area contributed by atoms with E-state index in [1.807, 2.05) is 16.9 Å². The quantitative estimate of drug-likeness (QED) is 0.724. The number of carbonyl (C=O) groups excluding carboxylic acids is 1. The summed E-state index contributed by atoms with van der Waals surface area (Å²) in [6.45, 7) is 8.96. The first-order valence-electron chi connectivity index (χ1n) is 9.45. The molecule has 1 aromatic carbocycles. The van der Waals surface area contributed by atoms with Crippen LogP contribution in [0, 0.1) is 0 Å². The smallest absolute Gasteiger partial charge is 0.258 e. The largest absolute Gasteiger partial charge is 0.491 e. The van der Waals surface area contributed by atoms with Gasteiger partial charge in [0, 0.05) is 12.3 Å². The van der Waals surface area contributed by atoms with Gasteiger partial charge in [0.05, 0.1) is 17.6 Å². The maximum absolute atomic E-state index is 11.3. The number of imidazole rings is 1. The van der Waals surface area contributed by atoms with Crippen LogP contribution in [0.15, 0.2) is 30.7 Å². The van der Waals surface area contributed by atoms with Crippen LogP contribution in [0.4, 0.5) is 0 Å². The molecule has 0 aliphatic carbocycles. The number of hydrogen-bond acceptors (Lipinski definition) is 6. The van der Waals surface area contributed by atoms with Crippen molar-refractivity contribution in [1.29, 1.82) is 0 Å². The highest BCUT2D eigenvalue weighted by molar-refractivity contribution is 5.78. The first kappa shape index (κ1) is 19.0. The zero-order valence-electron chi connectivity index (χ0n) is 16.9. The number of nitrogens with two attached hydrogens (primary N) is 1. The molecule has 29 heavy (non-hydrogen) atoms. The summed E-state index contributed by atoms with van der Waals surface area (Å²) in [5.74, 6) is 2.14. The Labute approximate surface area is 168 Å². The van der Waals surface area contributed by atoms with Crippen molar-refractivity contribution in [3.05, 3.63) is 30.7 Å². The Kier molecular flexibility index (Phi) is 4.52. The number of benzene rings is 1. The summed E-state index contributed by atoms with van der Waals surface area (Å²) < 4.78 is 15.4. The van der Waals surface area contributed by atoms with Crippen LogP contribution in [0.25, 0.3) is 22.9 Å². The van der Waals surface area contributed by atoms with Gasteiger partial charge in [-0.05, 0) is 39.8 Å². The number of rotatable bonds is 4. The minimum Gasteiger partial charge on any atom is -0.491 e. The topological polar surface area (TPSA) is 110 Å². The molecule has 4 rings (SSSR count). The zero-order valence-corrected chi connectivity index (χ0v) is 16.9.